The molecule has 0 aliphatic rings. The third-order valence-electron chi connectivity index (χ3n) is 2.55. The van der Waals surface area contributed by atoms with Gasteiger partial charge in [0.25, 0.3) is 0 Å². The van der Waals surface area contributed by atoms with Crippen LogP contribution in [0.4, 0.5) is 0 Å². The maximum absolute atomic E-state index is 5.98. The first kappa shape index (κ1) is 13.4. The van der Waals surface area contributed by atoms with Crippen molar-refractivity contribution >= 4 is 0 Å². The summed E-state index contributed by atoms with van der Waals surface area (Å²) in [6.07, 6.45) is 1.74. The Morgan fingerprint density at radius 2 is 1.79 bits per heavy atom. The van der Waals surface area contributed by atoms with Crippen LogP contribution in [0.1, 0.15) is 20.8 Å². The summed E-state index contributed by atoms with van der Waals surface area (Å²) in [5.41, 5.74) is 1.57. The van der Waals surface area contributed by atoms with E-state index in [4.69, 9.17) is 9.47 Å². The van der Waals surface area contributed by atoms with Crippen LogP contribution < -0.4 is 9.47 Å². The summed E-state index contributed by atoms with van der Waals surface area (Å²) < 4.78 is 11.2. The number of hydrogen-bond donors (Lipinski definition) is 0. The third-order valence-corrected chi connectivity index (χ3v) is 2.55. The minimum absolute atomic E-state index is 0.241. The molecule has 2 aromatic rings. The van der Waals surface area contributed by atoms with Crippen molar-refractivity contribution in [3.05, 3.63) is 42.6 Å². The monoisotopic (exact) mass is 257 g/mol. The van der Waals surface area contributed by atoms with Crippen LogP contribution in [0.5, 0.6) is 11.5 Å². The molecule has 1 heterocycles. The average molecular weight is 257 g/mol. The van der Waals surface area contributed by atoms with Crippen molar-refractivity contribution in [3.8, 4) is 22.8 Å². The molecule has 3 nitrogen and oxygen atoms in total. The lowest BCUT2D eigenvalue weighted by Crippen LogP contribution is -2.23. The van der Waals surface area contributed by atoms with Gasteiger partial charge < -0.3 is 9.47 Å². The van der Waals surface area contributed by atoms with Crippen molar-refractivity contribution in [2.75, 3.05) is 7.11 Å². The summed E-state index contributed by atoms with van der Waals surface area (Å²) in [4.78, 5) is 4.39. The molecular formula is C16H19NO2. The summed E-state index contributed by atoms with van der Waals surface area (Å²) in [5, 5.41) is 0. The Morgan fingerprint density at radius 1 is 1.05 bits per heavy atom. The zero-order valence-electron chi connectivity index (χ0n) is 11.8. The lowest BCUT2D eigenvalue weighted by atomic mass is 10.1. The van der Waals surface area contributed by atoms with Crippen LogP contribution in [0.2, 0.25) is 0 Å². The molecule has 0 atom stereocenters. The van der Waals surface area contributed by atoms with E-state index >= 15 is 0 Å². The van der Waals surface area contributed by atoms with Gasteiger partial charge in [-0.1, -0.05) is 12.1 Å². The van der Waals surface area contributed by atoms with Gasteiger partial charge in [0.2, 0.25) is 0 Å². The lowest BCUT2D eigenvalue weighted by Gasteiger charge is -2.23. The highest BCUT2D eigenvalue weighted by Crippen LogP contribution is 2.32. The molecule has 19 heavy (non-hydrogen) atoms. The zero-order chi connectivity index (χ0) is 13.9. The van der Waals surface area contributed by atoms with Gasteiger partial charge in [-0.15, -0.1) is 0 Å². The minimum atomic E-state index is -0.241. The fourth-order valence-electron chi connectivity index (χ4n) is 1.78. The van der Waals surface area contributed by atoms with E-state index in [1.807, 2.05) is 57.2 Å². The SMILES string of the molecule is COc1ccnc(-c2ccccc2OC(C)(C)C)c1. The average Bonchev–Trinajstić information content (AvgIpc) is 2.37. The van der Waals surface area contributed by atoms with Gasteiger partial charge >= 0.3 is 0 Å². The second-order valence-electron chi connectivity index (χ2n) is 5.29. The highest BCUT2D eigenvalue weighted by molar-refractivity contribution is 5.68. The largest absolute Gasteiger partial charge is 0.497 e. The van der Waals surface area contributed by atoms with Crippen LogP contribution in [-0.4, -0.2) is 17.7 Å². The van der Waals surface area contributed by atoms with Crippen molar-refractivity contribution < 1.29 is 9.47 Å². The molecule has 0 amide bonds. The van der Waals surface area contributed by atoms with Crippen LogP contribution in [-0.2, 0) is 0 Å². The Labute approximate surface area is 114 Å². The fraction of sp³-hybridized carbons (Fsp3) is 0.312. The van der Waals surface area contributed by atoms with Crippen LogP contribution >= 0.6 is 0 Å². The Kier molecular flexibility index (Phi) is 3.74. The van der Waals surface area contributed by atoms with Gasteiger partial charge in [0, 0.05) is 17.8 Å². The summed E-state index contributed by atoms with van der Waals surface area (Å²) in [5.74, 6) is 1.62. The minimum Gasteiger partial charge on any atom is -0.497 e. The van der Waals surface area contributed by atoms with Crippen LogP contribution in [0.15, 0.2) is 42.6 Å². The molecule has 0 saturated carbocycles. The molecule has 0 spiro atoms. The Balaban J connectivity index is 2.44. The van der Waals surface area contributed by atoms with E-state index < -0.39 is 0 Å². The van der Waals surface area contributed by atoms with Crippen molar-refractivity contribution in [2.45, 2.75) is 26.4 Å². The summed E-state index contributed by atoms with van der Waals surface area (Å²) >= 11 is 0. The number of aromatic nitrogens is 1. The lowest BCUT2D eigenvalue weighted by molar-refractivity contribution is 0.131. The maximum atomic E-state index is 5.98. The van der Waals surface area contributed by atoms with E-state index in [-0.39, 0.29) is 5.60 Å². The smallest absolute Gasteiger partial charge is 0.129 e. The van der Waals surface area contributed by atoms with Crippen LogP contribution in [0.25, 0.3) is 11.3 Å². The predicted octanol–water partition coefficient (Wildman–Crippen LogP) is 3.93. The van der Waals surface area contributed by atoms with Gasteiger partial charge in [-0.3, -0.25) is 4.98 Å². The van der Waals surface area contributed by atoms with E-state index in [0.717, 1.165) is 22.8 Å². The summed E-state index contributed by atoms with van der Waals surface area (Å²) in [6.45, 7) is 6.09. The number of methoxy groups -OCH3 is 1. The number of benzene rings is 1. The van der Waals surface area contributed by atoms with Crippen molar-refractivity contribution in [1.29, 1.82) is 0 Å². The normalized spacial score (nSPS) is 11.2. The number of hydrogen-bond acceptors (Lipinski definition) is 3. The van der Waals surface area contributed by atoms with Crippen molar-refractivity contribution in [2.24, 2.45) is 0 Å². The van der Waals surface area contributed by atoms with Gasteiger partial charge in [0.15, 0.2) is 0 Å². The van der Waals surface area contributed by atoms with E-state index in [1.165, 1.54) is 0 Å². The highest BCUT2D eigenvalue weighted by atomic mass is 16.5. The summed E-state index contributed by atoms with van der Waals surface area (Å²) in [7, 11) is 1.65. The van der Waals surface area contributed by atoms with Gasteiger partial charge in [0.05, 0.1) is 12.8 Å². The van der Waals surface area contributed by atoms with E-state index in [0.29, 0.717) is 0 Å². The Hall–Kier alpha value is -2.03. The molecule has 0 saturated heterocycles. The van der Waals surface area contributed by atoms with Gasteiger partial charge in [-0.05, 0) is 39.0 Å². The second-order valence-corrected chi connectivity index (χ2v) is 5.29. The molecule has 0 unspecified atom stereocenters. The molecule has 0 N–H and O–H groups in total. The van der Waals surface area contributed by atoms with Gasteiger partial charge in [-0.25, -0.2) is 0 Å². The molecule has 0 radical (unpaired) electrons. The molecular weight excluding hydrogens is 238 g/mol. The number of ether oxygens (including phenoxy) is 2. The maximum Gasteiger partial charge on any atom is 0.129 e. The number of para-hydroxylation sites is 1. The first-order valence-corrected chi connectivity index (χ1v) is 6.28. The van der Waals surface area contributed by atoms with E-state index in [1.54, 1.807) is 13.3 Å². The fourth-order valence-corrected chi connectivity index (χ4v) is 1.78. The van der Waals surface area contributed by atoms with Crippen molar-refractivity contribution in [1.82, 2.24) is 4.98 Å². The molecule has 0 bridgehead atoms. The quantitative estimate of drug-likeness (QED) is 0.834. The molecule has 1 aromatic carbocycles. The molecule has 0 aliphatic heterocycles. The molecule has 100 valence electrons. The highest BCUT2D eigenvalue weighted by Gasteiger charge is 2.15. The van der Waals surface area contributed by atoms with Gasteiger partial charge in [0.1, 0.15) is 17.1 Å². The first-order chi connectivity index (χ1) is 8.99. The topological polar surface area (TPSA) is 31.4 Å². The van der Waals surface area contributed by atoms with Crippen LogP contribution in [0, 0.1) is 0 Å². The van der Waals surface area contributed by atoms with Crippen LogP contribution in [0.3, 0.4) is 0 Å². The number of nitrogens with zero attached hydrogens (tertiary/aromatic N) is 1. The second kappa shape index (κ2) is 5.31. The molecule has 2 rings (SSSR count). The van der Waals surface area contributed by atoms with Crippen molar-refractivity contribution in [3.63, 3.8) is 0 Å². The number of rotatable bonds is 3. The number of pyridine rings is 1. The molecule has 0 aliphatic carbocycles. The third kappa shape index (κ3) is 3.47. The standard InChI is InChI=1S/C16H19NO2/c1-16(2,3)19-15-8-6-5-7-13(15)14-11-12(18-4)9-10-17-14/h5-11H,1-4H3. The Morgan fingerprint density at radius 3 is 2.47 bits per heavy atom. The first-order valence-electron chi connectivity index (χ1n) is 6.28. The molecule has 1 aromatic heterocycles. The van der Waals surface area contributed by atoms with E-state index in [9.17, 15) is 0 Å². The Bertz CT molecular complexity index is 559. The summed E-state index contributed by atoms with van der Waals surface area (Å²) in [6, 6.07) is 11.6. The molecule has 0 fully saturated rings. The molecule has 3 heteroatoms. The predicted molar refractivity (Wildman–Crippen MR) is 76.6 cm³/mol. The zero-order valence-corrected chi connectivity index (χ0v) is 11.8. The van der Waals surface area contributed by atoms with Gasteiger partial charge in [-0.2, -0.15) is 0 Å². The van der Waals surface area contributed by atoms with E-state index in [2.05, 4.69) is 4.98 Å².